The molecule has 1 atom stereocenters. The van der Waals surface area contributed by atoms with Crippen molar-refractivity contribution in [3.8, 4) is 11.4 Å². The van der Waals surface area contributed by atoms with E-state index >= 15 is 4.39 Å². The molecular formula is C25H30FN5O3. The molecule has 9 heteroatoms. The summed E-state index contributed by atoms with van der Waals surface area (Å²) in [6, 6.07) is 14.3. The Morgan fingerprint density at radius 3 is 2.32 bits per heavy atom. The van der Waals surface area contributed by atoms with Crippen molar-refractivity contribution >= 4 is 11.6 Å². The highest BCUT2D eigenvalue weighted by atomic mass is 19.1. The number of benzene rings is 2. The van der Waals surface area contributed by atoms with Gasteiger partial charge in [-0.25, -0.2) is 9.18 Å². The molecule has 1 amide bonds. The first-order valence-corrected chi connectivity index (χ1v) is 11.6. The number of nitrogens with zero attached hydrogens (tertiary/aromatic N) is 5. The van der Waals surface area contributed by atoms with E-state index in [9.17, 15) is 9.59 Å². The highest BCUT2D eigenvalue weighted by molar-refractivity contribution is 5.83. The second kappa shape index (κ2) is 10.2. The quantitative estimate of drug-likeness (QED) is 0.532. The van der Waals surface area contributed by atoms with Gasteiger partial charge in [-0.1, -0.05) is 35.5 Å². The first-order valence-electron chi connectivity index (χ1n) is 11.6. The highest BCUT2D eigenvalue weighted by Crippen LogP contribution is 2.29. The molecule has 0 radical (unpaired) electrons. The van der Waals surface area contributed by atoms with E-state index in [4.69, 9.17) is 0 Å². The van der Waals surface area contributed by atoms with Crippen LogP contribution in [0.25, 0.3) is 11.4 Å². The van der Waals surface area contributed by atoms with Gasteiger partial charge in [-0.15, -0.1) is 0 Å². The molecule has 34 heavy (non-hydrogen) atoms. The molecule has 1 fully saturated rings. The minimum absolute atomic E-state index is 0.0957. The molecule has 1 aromatic heterocycles. The predicted octanol–water partition coefficient (Wildman–Crippen LogP) is 2.91. The molecule has 1 unspecified atom stereocenters. The Labute approximate surface area is 198 Å². The van der Waals surface area contributed by atoms with Crippen LogP contribution in [0, 0.1) is 5.82 Å². The smallest absolute Gasteiger partial charge is 0.367 e. The van der Waals surface area contributed by atoms with Crippen molar-refractivity contribution in [2.45, 2.75) is 19.9 Å². The highest BCUT2D eigenvalue weighted by Gasteiger charge is 2.33. The third-order valence-electron chi connectivity index (χ3n) is 6.45. The van der Waals surface area contributed by atoms with E-state index in [-0.39, 0.29) is 23.6 Å². The fourth-order valence-electron chi connectivity index (χ4n) is 4.51. The van der Waals surface area contributed by atoms with Crippen molar-refractivity contribution in [3.63, 3.8) is 0 Å². The summed E-state index contributed by atoms with van der Waals surface area (Å²) in [5.41, 5.74) is 1.94. The average molecular weight is 468 g/mol. The molecule has 0 spiro atoms. The van der Waals surface area contributed by atoms with Crippen molar-refractivity contribution in [2.75, 3.05) is 44.2 Å². The third kappa shape index (κ3) is 4.61. The van der Waals surface area contributed by atoms with E-state index in [1.807, 2.05) is 54.0 Å². The summed E-state index contributed by atoms with van der Waals surface area (Å²) >= 11 is 0. The first-order chi connectivity index (χ1) is 16.4. The lowest BCUT2D eigenvalue weighted by atomic mass is 10.0. The summed E-state index contributed by atoms with van der Waals surface area (Å²) < 4.78 is 20.9. The second-order valence-electron chi connectivity index (χ2n) is 8.34. The number of carbonyl (C=O) groups excluding carboxylic acids is 1. The van der Waals surface area contributed by atoms with Gasteiger partial charge in [-0.05, 0) is 37.6 Å². The molecule has 180 valence electrons. The van der Waals surface area contributed by atoms with Gasteiger partial charge in [-0.2, -0.15) is 0 Å². The van der Waals surface area contributed by atoms with Crippen LogP contribution in [0.2, 0.25) is 0 Å². The van der Waals surface area contributed by atoms with Crippen LogP contribution in [0.3, 0.4) is 0 Å². The molecule has 0 bridgehead atoms. The lowest BCUT2D eigenvalue weighted by Crippen LogP contribution is -2.51. The Hall–Kier alpha value is -3.46. The van der Waals surface area contributed by atoms with E-state index in [1.54, 1.807) is 12.1 Å². The number of rotatable bonds is 7. The van der Waals surface area contributed by atoms with Gasteiger partial charge in [0.05, 0.1) is 5.69 Å². The zero-order valence-corrected chi connectivity index (χ0v) is 19.8. The summed E-state index contributed by atoms with van der Waals surface area (Å²) in [5, 5.41) is 3.72. The number of anilines is 1. The molecule has 0 saturated carbocycles. The summed E-state index contributed by atoms with van der Waals surface area (Å²) in [4.78, 5) is 30.9. The molecular weight excluding hydrogens is 437 g/mol. The van der Waals surface area contributed by atoms with E-state index in [0.29, 0.717) is 50.5 Å². The number of hydrogen-bond acceptors (Lipinski definition) is 6. The van der Waals surface area contributed by atoms with Gasteiger partial charge >= 0.3 is 5.76 Å². The van der Waals surface area contributed by atoms with Crippen molar-refractivity contribution in [1.29, 1.82) is 0 Å². The Morgan fingerprint density at radius 1 is 1.09 bits per heavy atom. The number of likely N-dealkylation sites (N-methyl/N-ethyl adjacent to an activating group) is 1. The van der Waals surface area contributed by atoms with Crippen LogP contribution in [0.1, 0.15) is 25.5 Å². The van der Waals surface area contributed by atoms with Gasteiger partial charge in [0, 0.05) is 51.9 Å². The zero-order valence-electron chi connectivity index (χ0n) is 19.8. The standard InChI is InChI=1S/C25H30FN5O3/c1-4-29(5-2)24(32)22(18-9-7-6-8-10-18)31-15-13-30(14-16-31)21-12-11-19(17-20(21)26)23-27-34-25(33)28(23)3/h6-12,17,22H,4-5,13-16H2,1-3H3. The number of aromatic nitrogens is 2. The predicted molar refractivity (Wildman–Crippen MR) is 128 cm³/mol. The van der Waals surface area contributed by atoms with Crippen LogP contribution in [0.5, 0.6) is 0 Å². The Kier molecular flexibility index (Phi) is 7.12. The lowest BCUT2D eigenvalue weighted by molar-refractivity contribution is -0.137. The van der Waals surface area contributed by atoms with Crippen LogP contribution in [-0.4, -0.2) is 64.7 Å². The zero-order chi connectivity index (χ0) is 24.2. The fourth-order valence-corrected chi connectivity index (χ4v) is 4.51. The van der Waals surface area contributed by atoms with Gasteiger partial charge in [-0.3, -0.25) is 18.8 Å². The first kappa shape index (κ1) is 23.7. The number of amides is 1. The normalized spacial score (nSPS) is 15.4. The second-order valence-corrected chi connectivity index (χ2v) is 8.34. The van der Waals surface area contributed by atoms with Crippen molar-refractivity contribution in [3.05, 3.63) is 70.5 Å². The van der Waals surface area contributed by atoms with E-state index in [2.05, 4.69) is 14.6 Å². The molecule has 2 heterocycles. The maximum absolute atomic E-state index is 15.0. The van der Waals surface area contributed by atoms with Crippen LogP contribution in [-0.2, 0) is 11.8 Å². The van der Waals surface area contributed by atoms with Gasteiger partial charge in [0.1, 0.15) is 11.9 Å². The van der Waals surface area contributed by atoms with Gasteiger partial charge in [0.2, 0.25) is 5.91 Å². The molecule has 4 rings (SSSR count). The van der Waals surface area contributed by atoms with E-state index in [1.165, 1.54) is 17.7 Å². The minimum Gasteiger partial charge on any atom is -0.367 e. The number of piperazine rings is 1. The third-order valence-corrected chi connectivity index (χ3v) is 6.45. The maximum atomic E-state index is 15.0. The monoisotopic (exact) mass is 467 g/mol. The van der Waals surface area contributed by atoms with E-state index in [0.717, 1.165) is 5.56 Å². The fraction of sp³-hybridized carbons (Fsp3) is 0.400. The summed E-state index contributed by atoms with van der Waals surface area (Å²) in [6.45, 7) is 7.74. The van der Waals surface area contributed by atoms with Crippen molar-refractivity contribution in [2.24, 2.45) is 7.05 Å². The number of hydrogen-bond donors (Lipinski definition) is 0. The molecule has 1 aliphatic heterocycles. The summed E-state index contributed by atoms with van der Waals surface area (Å²) in [7, 11) is 1.53. The lowest BCUT2D eigenvalue weighted by Gasteiger charge is -2.41. The topological polar surface area (TPSA) is 74.8 Å². The SMILES string of the molecule is CCN(CC)C(=O)C(c1ccccc1)N1CCN(c2ccc(-c3noc(=O)n3C)cc2F)CC1. The molecule has 3 aromatic rings. The number of carbonyl (C=O) groups is 1. The Morgan fingerprint density at radius 2 is 1.76 bits per heavy atom. The molecule has 1 saturated heterocycles. The van der Waals surface area contributed by atoms with Crippen molar-refractivity contribution in [1.82, 2.24) is 19.5 Å². The molecule has 2 aromatic carbocycles. The molecule has 0 aliphatic carbocycles. The maximum Gasteiger partial charge on any atom is 0.441 e. The van der Waals surface area contributed by atoms with E-state index < -0.39 is 5.76 Å². The van der Waals surface area contributed by atoms with Crippen LogP contribution >= 0.6 is 0 Å². The molecule has 0 N–H and O–H groups in total. The minimum atomic E-state index is -0.595. The number of halogens is 1. The van der Waals surface area contributed by atoms with Crippen LogP contribution < -0.4 is 10.7 Å². The van der Waals surface area contributed by atoms with Crippen molar-refractivity contribution < 1.29 is 13.7 Å². The largest absolute Gasteiger partial charge is 0.441 e. The van der Waals surface area contributed by atoms with Gasteiger partial charge in [0.25, 0.3) is 0 Å². The Balaban J connectivity index is 1.51. The summed E-state index contributed by atoms with van der Waals surface area (Å²) in [5.74, 6) is -0.609. The van der Waals surface area contributed by atoms with Crippen LogP contribution in [0.4, 0.5) is 10.1 Å². The van der Waals surface area contributed by atoms with Crippen LogP contribution in [0.15, 0.2) is 57.8 Å². The van der Waals surface area contributed by atoms with Gasteiger partial charge in [0.15, 0.2) is 5.82 Å². The summed E-state index contributed by atoms with van der Waals surface area (Å²) in [6.07, 6.45) is 0. The molecule has 8 nitrogen and oxygen atoms in total. The Bertz CT molecular complexity index is 1180. The van der Waals surface area contributed by atoms with Gasteiger partial charge < -0.3 is 9.80 Å². The average Bonchev–Trinajstić information content (AvgIpc) is 3.19. The molecule has 1 aliphatic rings.